The van der Waals surface area contributed by atoms with Gasteiger partial charge in [-0.05, 0) is 32.4 Å². The number of rotatable bonds is 4. The van der Waals surface area contributed by atoms with Gasteiger partial charge in [-0.2, -0.15) is 0 Å². The summed E-state index contributed by atoms with van der Waals surface area (Å²) in [4.78, 5) is 12.0. The quantitative estimate of drug-likeness (QED) is 0.607. The molecule has 0 radical (unpaired) electrons. The maximum Gasteiger partial charge on any atom is 0.280 e. The summed E-state index contributed by atoms with van der Waals surface area (Å²) < 4.78 is 27.2. The molecule has 1 unspecified atom stereocenters. The highest BCUT2D eigenvalue weighted by molar-refractivity contribution is 5.97. The molecule has 1 fully saturated rings. The second-order valence-electron chi connectivity index (χ2n) is 4.54. The number of piperidine rings is 1. The van der Waals surface area contributed by atoms with Crippen LogP contribution >= 0.6 is 0 Å². The predicted octanol–water partition coefficient (Wildman–Crippen LogP) is 2.18. The molecule has 1 aliphatic rings. The SMILES string of the molecule is C=C/C=C(C)/C(=C/C)C(=O)NC1CCNCC1(F)F. The number of carbonyl (C=O) groups excluding carboxylic acids is 1. The normalized spacial score (nSPS) is 23.9. The number of allylic oxidation sites excluding steroid dienone is 3. The van der Waals surface area contributed by atoms with Crippen LogP contribution in [0.5, 0.6) is 0 Å². The minimum atomic E-state index is -2.91. The number of alkyl halides is 2. The molecule has 2 N–H and O–H groups in total. The number of hydrogen-bond donors (Lipinski definition) is 2. The zero-order valence-electron chi connectivity index (χ0n) is 11.3. The van der Waals surface area contributed by atoms with E-state index in [4.69, 9.17) is 0 Å². The smallest absolute Gasteiger partial charge is 0.280 e. The largest absolute Gasteiger partial charge is 0.343 e. The third-order valence-electron chi connectivity index (χ3n) is 3.11. The first-order chi connectivity index (χ1) is 8.92. The van der Waals surface area contributed by atoms with E-state index < -0.39 is 24.4 Å². The minimum absolute atomic E-state index is 0.222. The van der Waals surface area contributed by atoms with Gasteiger partial charge in [-0.15, -0.1) is 0 Å². The number of nitrogens with one attached hydrogen (secondary N) is 2. The Bertz CT molecular complexity index is 414. The standard InChI is InChI=1S/C14H20F2N2O/c1-4-6-10(3)11(5-2)13(19)18-12-7-8-17-9-14(12,15)16/h4-6,12,17H,1,7-9H2,2-3H3,(H,18,19)/b10-6+,11-5-. The fourth-order valence-corrected chi connectivity index (χ4v) is 2.05. The molecule has 1 amide bonds. The van der Waals surface area contributed by atoms with E-state index in [-0.39, 0.29) is 6.42 Å². The van der Waals surface area contributed by atoms with Crippen molar-refractivity contribution in [3.05, 3.63) is 36.0 Å². The first-order valence-electron chi connectivity index (χ1n) is 6.27. The summed E-state index contributed by atoms with van der Waals surface area (Å²) in [5, 5.41) is 5.05. The van der Waals surface area contributed by atoms with Crippen molar-refractivity contribution in [3.8, 4) is 0 Å². The molecular weight excluding hydrogens is 250 g/mol. The predicted molar refractivity (Wildman–Crippen MR) is 72.1 cm³/mol. The van der Waals surface area contributed by atoms with E-state index in [9.17, 15) is 13.6 Å². The first-order valence-corrected chi connectivity index (χ1v) is 6.27. The van der Waals surface area contributed by atoms with Gasteiger partial charge in [0.05, 0.1) is 12.6 Å². The maximum absolute atomic E-state index is 13.6. The van der Waals surface area contributed by atoms with E-state index >= 15 is 0 Å². The summed E-state index contributed by atoms with van der Waals surface area (Å²) in [7, 11) is 0. The van der Waals surface area contributed by atoms with Crippen molar-refractivity contribution >= 4 is 5.91 Å². The van der Waals surface area contributed by atoms with E-state index in [0.29, 0.717) is 17.7 Å². The molecule has 3 nitrogen and oxygen atoms in total. The third-order valence-corrected chi connectivity index (χ3v) is 3.11. The zero-order valence-corrected chi connectivity index (χ0v) is 11.3. The Hall–Kier alpha value is -1.49. The van der Waals surface area contributed by atoms with Gasteiger partial charge < -0.3 is 10.6 Å². The van der Waals surface area contributed by atoms with Gasteiger partial charge in [0.15, 0.2) is 0 Å². The molecule has 1 atom stereocenters. The molecule has 1 saturated heterocycles. The number of amides is 1. The highest BCUT2D eigenvalue weighted by atomic mass is 19.3. The summed E-state index contributed by atoms with van der Waals surface area (Å²) >= 11 is 0. The molecule has 1 aliphatic heterocycles. The van der Waals surface area contributed by atoms with Crippen LogP contribution in [0.1, 0.15) is 20.3 Å². The van der Waals surface area contributed by atoms with Crippen LogP contribution in [0.25, 0.3) is 0 Å². The second kappa shape index (κ2) is 6.61. The van der Waals surface area contributed by atoms with Gasteiger partial charge in [0.25, 0.3) is 11.8 Å². The lowest BCUT2D eigenvalue weighted by molar-refractivity contribution is -0.123. The Balaban J connectivity index is 2.78. The van der Waals surface area contributed by atoms with Crippen molar-refractivity contribution < 1.29 is 13.6 Å². The topological polar surface area (TPSA) is 41.1 Å². The molecule has 0 aliphatic carbocycles. The van der Waals surface area contributed by atoms with Crippen molar-refractivity contribution in [2.24, 2.45) is 0 Å². The molecule has 106 valence electrons. The van der Waals surface area contributed by atoms with Crippen molar-refractivity contribution in [1.82, 2.24) is 10.6 Å². The Morgan fingerprint density at radius 3 is 2.74 bits per heavy atom. The molecule has 0 aromatic rings. The van der Waals surface area contributed by atoms with Crippen LogP contribution in [0, 0.1) is 0 Å². The molecule has 1 heterocycles. The zero-order chi connectivity index (χ0) is 14.5. The van der Waals surface area contributed by atoms with Crippen LogP contribution in [0.4, 0.5) is 8.78 Å². The minimum Gasteiger partial charge on any atom is -0.343 e. The van der Waals surface area contributed by atoms with E-state index in [2.05, 4.69) is 17.2 Å². The van der Waals surface area contributed by atoms with Gasteiger partial charge in [-0.1, -0.05) is 24.8 Å². The van der Waals surface area contributed by atoms with Crippen LogP contribution in [-0.2, 0) is 4.79 Å². The van der Waals surface area contributed by atoms with Crippen molar-refractivity contribution in [2.45, 2.75) is 32.2 Å². The molecule has 0 bridgehead atoms. The lowest BCUT2D eigenvalue weighted by atomic mass is 10.0. The summed E-state index contributed by atoms with van der Waals surface area (Å²) in [6.07, 6.45) is 5.07. The molecule has 19 heavy (non-hydrogen) atoms. The Kier molecular flexibility index (Phi) is 5.42. The summed E-state index contributed by atoms with van der Waals surface area (Å²) in [6.45, 7) is 7.08. The highest BCUT2D eigenvalue weighted by Gasteiger charge is 2.42. The number of carbonyl (C=O) groups is 1. The molecular formula is C14H20F2N2O. The van der Waals surface area contributed by atoms with Crippen molar-refractivity contribution in [1.29, 1.82) is 0 Å². The van der Waals surface area contributed by atoms with Gasteiger partial charge in [0, 0.05) is 5.57 Å². The van der Waals surface area contributed by atoms with Crippen LogP contribution in [0.15, 0.2) is 36.0 Å². The molecule has 1 rings (SSSR count). The van der Waals surface area contributed by atoms with E-state index in [0.717, 1.165) is 0 Å². The van der Waals surface area contributed by atoms with Crippen LogP contribution < -0.4 is 10.6 Å². The van der Waals surface area contributed by atoms with Gasteiger partial charge >= 0.3 is 0 Å². The van der Waals surface area contributed by atoms with Gasteiger partial charge in [0.1, 0.15) is 0 Å². The Labute approximate surface area is 112 Å². The first kappa shape index (κ1) is 15.6. The lowest BCUT2D eigenvalue weighted by Gasteiger charge is -2.32. The Morgan fingerprint density at radius 1 is 1.53 bits per heavy atom. The third kappa shape index (κ3) is 3.99. The summed E-state index contributed by atoms with van der Waals surface area (Å²) in [6, 6.07) is -1.12. The monoisotopic (exact) mass is 270 g/mol. The lowest BCUT2D eigenvalue weighted by Crippen LogP contribution is -2.57. The molecule has 0 aromatic heterocycles. The highest BCUT2D eigenvalue weighted by Crippen LogP contribution is 2.23. The molecule has 0 aromatic carbocycles. The van der Waals surface area contributed by atoms with E-state index in [1.807, 2.05) is 0 Å². The Morgan fingerprint density at radius 2 is 2.21 bits per heavy atom. The summed E-state index contributed by atoms with van der Waals surface area (Å²) in [5.74, 6) is -3.38. The average molecular weight is 270 g/mol. The van der Waals surface area contributed by atoms with Crippen molar-refractivity contribution in [2.75, 3.05) is 13.1 Å². The summed E-state index contributed by atoms with van der Waals surface area (Å²) in [5.41, 5.74) is 1.10. The van der Waals surface area contributed by atoms with E-state index in [1.54, 1.807) is 32.1 Å². The van der Waals surface area contributed by atoms with Crippen LogP contribution in [0.2, 0.25) is 0 Å². The fraction of sp³-hybridized carbons (Fsp3) is 0.500. The molecule has 0 saturated carbocycles. The van der Waals surface area contributed by atoms with Crippen LogP contribution in [-0.4, -0.2) is 31.0 Å². The van der Waals surface area contributed by atoms with E-state index in [1.165, 1.54) is 0 Å². The van der Waals surface area contributed by atoms with Crippen molar-refractivity contribution in [3.63, 3.8) is 0 Å². The maximum atomic E-state index is 13.6. The van der Waals surface area contributed by atoms with Gasteiger partial charge in [-0.25, -0.2) is 8.78 Å². The van der Waals surface area contributed by atoms with Gasteiger partial charge in [-0.3, -0.25) is 4.79 Å². The average Bonchev–Trinajstić information content (AvgIpc) is 2.33. The number of halogens is 2. The molecule has 0 spiro atoms. The van der Waals surface area contributed by atoms with Gasteiger partial charge in [0.2, 0.25) is 0 Å². The number of hydrogen-bond acceptors (Lipinski definition) is 2. The second-order valence-corrected chi connectivity index (χ2v) is 4.54. The fourth-order valence-electron chi connectivity index (χ4n) is 2.05. The van der Waals surface area contributed by atoms with Crippen LogP contribution in [0.3, 0.4) is 0 Å². The molecule has 5 heteroatoms.